The summed E-state index contributed by atoms with van der Waals surface area (Å²) >= 11 is 0. The highest BCUT2D eigenvalue weighted by atomic mass is 15.2. The van der Waals surface area contributed by atoms with E-state index in [-0.39, 0.29) is 0 Å². The van der Waals surface area contributed by atoms with Crippen molar-refractivity contribution in [1.29, 1.82) is 0 Å². The molecule has 0 saturated heterocycles. The minimum Gasteiger partial charge on any atom is -0.379 e. The van der Waals surface area contributed by atoms with Gasteiger partial charge in [-0.15, -0.1) is 0 Å². The van der Waals surface area contributed by atoms with Gasteiger partial charge in [0.25, 0.3) is 0 Å². The van der Waals surface area contributed by atoms with Crippen molar-refractivity contribution in [3.05, 3.63) is 18.3 Å². The van der Waals surface area contributed by atoms with E-state index in [4.69, 9.17) is 0 Å². The molecule has 0 spiro atoms. The van der Waals surface area contributed by atoms with E-state index in [1.165, 1.54) is 37.8 Å². The molecule has 1 aliphatic rings. The van der Waals surface area contributed by atoms with Gasteiger partial charge in [-0.2, -0.15) is 0 Å². The number of rotatable bonds is 5. The van der Waals surface area contributed by atoms with E-state index in [0.717, 1.165) is 11.7 Å². The topological polar surface area (TPSA) is 28.2 Å². The summed E-state index contributed by atoms with van der Waals surface area (Å²) in [5.74, 6) is 1.91. The molecule has 0 radical (unpaired) electrons. The zero-order valence-electron chi connectivity index (χ0n) is 14.3. The molecule has 3 nitrogen and oxygen atoms in total. The van der Waals surface area contributed by atoms with Gasteiger partial charge >= 0.3 is 0 Å². The Bertz CT molecular complexity index is 446. The van der Waals surface area contributed by atoms with E-state index in [0.29, 0.717) is 11.5 Å². The Morgan fingerprint density at radius 1 is 1.24 bits per heavy atom. The lowest BCUT2D eigenvalue weighted by molar-refractivity contribution is 0.147. The number of hydrogen-bond acceptors (Lipinski definition) is 3. The van der Waals surface area contributed by atoms with Gasteiger partial charge in [-0.25, -0.2) is 4.98 Å². The third-order valence-corrected chi connectivity index (χ3v) is 5.31. The van der Waals surface area contributed by atoms with Crippen LogP contribution in [0.4, 0.5) is 11.5 Å². The molecule has 0 bridgehead atoms. The van der Waals surface area contributed by atoms with Crippen molar-refractivity contribution in [3.8, 4) is 0 Å². The molecule has 2 rings (SSSR count). The van der Waals surface area contributed by atoms with Gasteiger partial charge in [-0.3, -0.25) is 0 Å². The fourth-order valence-electron chi connectivity index (χ4n) is 3.39. The molecule has 118 valence electrons. The van der Waals surface area contributed by atoms with E-state index >= 15 is 0 Å². The monoisotopic (exact) mass is 289 g/mol. The molecule has 0 aromatic carbocycles. The lowest BCUT2D eigenvalue weighted by atomic mass is 9.69. The SMILES string of the molecule is CCC(C)(C)C1CCC(Nc2cccnc2N(C)C)CC1. The van der Waals surface area contributed by atoms with Crippen LogP contribution in [0.15, 0.2) is 18.3 Å². The average molecular weight is 289 g/mol. The van der Waals surface area contributed by atoms with E-state index < -0.39 is 0 Å². The van der Waals surface area contributed by atoms with E-state index in [9.17, 15) is 0 Å². The first-order valence-electron chi connectivity index (χ1n) is 8.33. The summed E-state index contributed by atoms with van der Waals surface area (Å²) in [6.45, 7) is 7.18. The fraction of sp³-hybridized carbons (Fsp3) is 0.722. The lowest BCUT2D eigenvalue weighted by Gasteiger charge is -2.39. The summed E-state index contributed by atoms with van der Waals surface area (Å²) in [5, 5.41) is 3.72. The Morgan fingerprint density at radius 3 is 2.48 bits per heavy atom. The summed E-state index contributed by atoms with van der Waals surface area (Å²) in [5.41, 5.74) is 1.66. The maximum absolute atomic E-state index is 4.47. The lowest BCUT2D eigenvalue weighted by Crippen LogP contribution is -2.33. The zero-order chi connectivity index (χ0) is 15.5. The van der Waals surface area contributed by atoms with Gasteiger partial charge in [-0.1, -0.05) is 27.2 Å². The highest BCUT2D eigenvalue weighted by Gasteiger charge is 2.31. The molecular formula is C18H31N3. The predicted molar refractivity (Wildman–Crippen MR) is 92.0 cm³/mol. The highest BCUT2D eigenvalue weighted by molar-refractivity contribution is 5.65. The van der Waals surface area contributed by atoms with Crippen LogP contribution in [0.25, 0.3) is 0 Å². The zero-order valence-corrected chi connectivity index (χ0v) is 14.3. The van der Waals surface area contributed by atoms with Gasteiger partial charge in [0.2, 0.25) is 0 Å². The summed E-state index contributed by atoms with van der Waals surface area (Å²) in [7, 11) is 4.10. The summed E-state index contributed by atoms with van der Waals surface area (Å²) in [6.07, 6.45) is 8.38. The van der Waals surface area contributed by atoms with Crippen LogP contribution in [0.2, 0.25) is 0 Å². The molecule has 21 heavy (non-hydrogen) atoms. The Balaban J connectivity index is 1.95. The Hall–Kier alpha value is -1.25. The number of anilines is 2. The first-order chi connectivity index (χ1) is 9.94. The third-order valence-electron chi connectivity index (χ3n) is 5.31. The molecule has 0 amide bonds. The van der Waals surface area contributed by atoms with Gasteiger partial charge in [0, 0.05) is 26.3 Å². The highest BCUT2D eigenvalue weighted by Crippen LogP contribution is 2.41. The van der Waals surface area contributed by atoms with Crippen LogP contribution in [0.5, 0.6) is 0 Å². The van der Waals surface area contributed by atoms with Crippen LogP contribution in [0.3, 0.4) is 0 Å². The normalized spacial score (nSPS) is 22.9. The van der Waals surface area contributed by atoms with Crippen LogP contribution in [-0.4, -0.2) is 25.1 Å². The minimum atomic E-state index is 0.494. The van der Waals surface area contributed by atoms with Gasteiger partial charge in [-0.05, 0) is 49.1 Å². The summed E-state index contributed by atoms with van der Waals surface area (Å²) in [4.78, 5) is 6.55. The van der Waals surface area contributed by atoms with Crippen molar-refractivity contribution in [2.75, 3.05) is 24.3 Å². The van der Waals surface area contributed by atoms with Crippen molar-refractivity contribution < 1.29 is 0 Å². The largest absolute Gasteiger partial charge is 0.379 e. The van der Waals surface area contributed by atoms with Crippen molar-refractivity contribution in [3.63, 3.8) is 0 Å². The molecule has 1 fully saturated rings. The Kier molecular flexibility index (Phi) is 5.13. The van der Waals surface area contributed by atoms with Gasteiger partial charge in [0.05, 0.1) is 5.69 Å². The fourth-order valence-corrected chi connectivity index (χ4v) is 3.39. The third kappa shape index (κ3) is 3.90. The smallest absolute Gasteiger partial charge is 0.151 e. The molecule has 1 heterocycles. The maximum atomic E-state index is 4.47. The number of nitrogens with zero attached hydrogens (tertiary/aromatic N) is 2. The first kappa shape index (κ1) is 16.1. The number of nitrogens with one attached hydrogen (secondary N) is 1. The number of hydrogen-bond donors (Lipinski definition) is 1. The van der Waals surface area contributed by atoms with E-state index in [2.05, 4.69) is 42.0 Å². The van der Waals surface area contributed by atoms with Crippen molar-refractivity contribution in [1.82, 2.24) is 4.98 Å². The first-order valence-corrected chi connectivity index (χ1v) is 8.33. The van der Waals surface area contributed by atoms with E-state index in [1.54, 1.807) is 0 Å². The molecule has 0 aliphatic heterocycles. The standard InChI is InChI=1S/C18H31N3/c1-6-18(2,3)14-9-11-15(12-10-14)20-16-8-7-13-19-17(16)21(4)5/h7-8,13-15,20H,6,9-12H2,1-5H3. The molecule has 3 heteroatoms. The second-order valence-corrected chi connectivity index (χ2v) is 7.30. The molecule has 0 unspecified atom stereocenters. The van der Waals surface area contributed by atoms with Crippen LogP contribution in [0, 0.1) is 11.3 Å². The van der Waals surface area contributed by atoms with E-state index in [1.807, 2.05) is 26.4 Å². The molecule has 1 aromatic heterocycles. The van der Waals surface area contributed by atoms with Crippen LogP contribution in [-0.2, 0) is 0 Å². The molecule has 0 atom stereocenters. The van der Waals surface area contributed by atoms with Gasteiger partial charge in [0.1, 0.15) is 0 Å². The molecule has 1 aromatic rings. The molecular weight excluding hydrogens is 258 g/mol. The average Bonchev–Trinajstić information content (AvgIpc) is 2.48. The Morgan fingerprint density at radius 2 is 1.90 bits per heavy atom. The van der Waals surface area contributed by atoms with Gasteiger partial charge < -0.3 is 10.2 Å². The van der Waals surface area contributed by atoms with Crippen LogP contribution in [0.1, 0.15) is 52.9 Å². The Labute approximate surface area is 130 Å². The van der Waals surface area contributed by atoms with Gasteiger partial charge in [0.15, 0.2) is 5.82 Å². The number of aromatic nitrogens is 1. The van der Waals surface area contributed by atoms with Crippen molar-refractivity contribution in [2.45, 2.75) is 58.9 Å². The van der Waals surface area contributed by atoms with Crippen LogP contribution < -0.4 is 10.2 Å². The second-order valence-electron chi connectivity index (χ2n) is 7.30. The van der Waals surface area contributed by atoms with Crippen molar-refractivity contribution >= 4 is 11.5 Å². The second kappa shape index (κ2) is 6.67. The minimum absolute atomic E-state index is 0.494. The summed E-state index contributed by atoms with van der Waals surface area (Å²) < 4.78 is 0. The van der Waals surface area contributed by atoms with Crippen LogP contribution >= 0.6 is 0 Å². The molecule has 1 saturated carbocycles. The molecule has 1 N–H and O–H groups in total. The summed E-state index contributed by atoms with van der Waals surface area (Å²) in [6, 6.07) is 4.75. The number of pyridine rings is 1. The quantitative estimate of drug-likeness (QED) is 0.861. The maximum Gasteiger partial charge on any atom is 0.151 e. The predicted octanol–water partition coefficient (Wildman–Crippen LogP) is 4.55. The van der Waals surface area contributed by atoms with Crippen molar-refractivity contribution in [2.24, 2.45) is 11.3 Å². The molecule has 1 aliphatic carbocycles.